The monoisotopic (exact) mass is 396 g/mol. The van der Waals surface area contributed by atoms with Crippen LogP contribution in [0.2, 0.25) is 0 Å². The zero-order chi connectivity index (χ0) is 21.1. The Balaban J connectivity index is 1.70. The van der Waals surface area contributed by atoms with Crippen LogP contribution in [0.5, 0.6) is 17.2 Å². The highest BCUT2D eigenvalue weighted by atomic mass is 16.3. The molecule has 4 aromatic rings. The minimum absolute atomic E-state index is 0.118. The molecule has 0 atom stereocenters. The summed E-state index contributed by atoms with van der Waals surface area (Å²) >= 11 is 0. The fraction of sp³-hybridized carbons (Fsp3) is 0.0385. The minimum atomic E-state index is -0.121. The quantitative estimate of drug-likeness (QED) is 0.319. The molecule has 4 aromatic carbocycles. The molecule has 0 aliphatic carbocycles. The van der Waals surface area contributed by atoms with Gasteiger partial charge in [0.1, 0.15) is 17.2 Å². The molecule has 148 valence electrons. The largest absolute Gasteiger partial charge is 0.508 e. The summed E-state index contributed by atoms with van der Waals surface area (Å²) in [6.07, 6.45) is 0. The fourth-order valence-corrected chi connectivity index (χ4v) is 3.52. The van der Waals surface area contributed by atoms with Gasteiger partial charge in [0.05, 0.1) is 0 Å². The van der Waals surface area contributed by atoms with Crippen molar-refractivity contribution >= 4 is 5.78 Å². The number of carbonyl (C=O) groups is 1. The minimum Gasteiger partial charge on any atom is -0.508 e. The van der Waals surface area contributed by atoms with Crippen LogP contribution in [0.25, 0.3) is 0 Å². The van der Waals surface area contributed by atoms with Crippen molar-refractivity contribution in [3.8, 4) is 17.2 Å². The number of phenolic OH excluding ortho intramolecular Hbond substituents is 3. The molecule has 30 heavy (non-hydrogen) atoms. The normalized spacial score (nSPS) is 10.8. The second kappa shape index (κ2) is 8.13. The maximum absolute atomic E-state index is 12.7. The third-order valence-electron chi connectivity index (χ3n) is 5.09. The van der Waals surface area contributed by atoms with E-state index in [0.29, 0.717) is 11.1 Å². The van der Waals surface area contributed by atoms with Crippen LogP contribution < -0.4 is 0 Å². The van der Waals surface area contributed by atoms with Gasteiger partial charge in [-0.3, -0.25) is 4.79 Å². The lowest BCUT2D eigenvalue weighted by Gasteiger charge is -2.19. The Morgan fingerprint density at radius 2 is 0.733 bits per heavy atom. The number of carbonyl (C=O) groups excluding carboxylic acids is 1. The predicted octanol–water partition coefficient (Wildman–Crippen LogP) is 5.21. The van der Waals surface area contributed by atoms with Crippen LogP contribution in [0.4, 0.5) is 0 Å². The Morgan fingerprint density at radius 3 is 1.10 bits per heavy atom. The lowest BCUT2D eigenvalue weighted by atomic mass is 9.84. The Hall–Kier alpha value is -4.05. The highest BCUT2D eigenvalue weighted by Crippen LogP contribution is 2.33. The molecule has 0 aliphatic heterocycles. The highest BCUT2D eigenvalue weighted by molar-refractivity contribution is 6.09. The smallest absolute Gasteiger partial charge is 0.193 e. The third kappa shape index (κ3) is 4.03. The zero-order valence-electron chi connectivity index (χ0n) is 16.1. The van der Waals surface area contributed by atoms with Crippen molar-refractivity contribution in [3.05, 3.63) is 125 Å². The molecule has 4 nitrogen and oxygen atoms in total. The molecule has 4 rings (SSSR count). The van der Waals surface area contributed by atoms with Crippen molar-refractivity contribution in [1.29, 1.82) is 0 Å². The number of rotatable bonds is 5. The molecule has 0 aliphatic rings. The Morgan fingerprint density at radius 1 is 0.467 bits per heavy atom. The Kier molecular flexibility index (Phi) is 5.22. The molecular formula is C26H20O4. The van der Waals surface area contributed by atoms with Gasteiger partial charge in [0, 0.05) is 17.0 Å². The molecule has 3 N–H and O–H groups in total. The summed E-state index contributed by atoms with van der Waals surface area (Å²) < 4.78 is 0. The standard InChI is InChI=1S/C26H20O4/c27-22-11-5-18(6-12-22)25(19-7-13-23(28)14-8-19)17-1-3-20(4-2-17)26(30)21-9-15-24(29)16-10-21/h1-16,25,27-29H. The average molecular weight is 396 g/mol. The van der Waals surface area contributed by atoms with Crippen LogP contribution in [-0.2, 0) is 0 Å². The molecule has 0 saturated carbocycles. The summed E-state index contributed by atoms with van der Waals surface area (Å²) in [5.74, 6) is 0.264. The molecule has 0 heterocycles. The van der Waals surface area contributed by atoms with Gasteiger partial charge in [-0.2, -0.15) is 0 Å². The van der Waals surface area contributed by atoms with Crippen LogP contribution in [0.15, 0.2) is 97.1 Å². The van der Waals surface area contributed by atoms with E-state index in [4.69, 9.17) is 0 Å². The van der Waals surface area contributed by atoms with Crippen molar-refractivity contribution in [2.45, 2.75) is 5.92 Å². The maximum Gasteiger partial charge on any atom is 0.193 e. The van der Waals surface area contributed by atoms with E-state index in [0.717, 1.165) is 16.7 Å². The first-order valence-corrected chi connectivity index (χ1v) is 9.53. The summed E-state index contributed by atoms with van der Waals surface area (Å²) in [6.45, 7) is 0. The second-order valence-electron chi connectivity index (χ2n) is 7.11. The van der Waals surface area contributed by atoms with Gasteiger partial charge in [0.2, 0.25) is 0 Å². The number of hydrogen-bond acceptors (Lipinski definition) is 4. The van der Waals surface area contributed by atoms with Crippen molar-refractivity contribution in [3.63, 3.8) is 0 Å². The Bertz CT molecular complexity index is 1100. The summed E-state index contributed by atoms with van der Waals surface area (Å²) in [6, 6.07) is 27.6. The van der Waals surface area contributed by atoms with Gasteiger partial charge in [-0.25, -0.2) is 0 Å². The van der Waals surface area contributed by atoms with Crippen LogP contribution in [0.3, 0.4) is 0 Å². The van der Waals surface area contributed by atoms with Crippen molar-refractivity contribution in [1.82, 2.24) is 0 Å². The Labute approximate surface area is 174 Å². The van der Waals surface area contributed by atoms with E-state index in [1.165, 1.54) is 12.1 Å². The molecule has 0 amide bonds. The van der Waals surface area contributed by atoms with E-state index in [1.807, 2.05) is 36.4 Å². The second-order valence-corrected chi connectivity index (χ2v) is 7.11. The van der Waals surface area contributed by atoms with E-state index in [2.05, 4.69) is 0 Å². The fourth-order valence-electron chi connectivity index (χ4n) is 3.52. The summed E-state index contributed by atoms with van der Waals surface area (Å²) in [5, 5.41) is 28.7. The molecule has 0 fully saturated rings. The molecule has 0 saturated heterocycles. The van der Waals surface area contributed by atoms with Gasteiger partial charge >= 0.3 is 0 Å². The van der Waals surface area contributed by atoms with Crippen molar-refractivity contribution < 1.29 is 20.1 Å². The first-order chi connectivity index (χ1) is 14.5. The number of phenols is 3. The number of hydrogen-bond donors (Lipinski definition) is 3. The van der Waals surface area contributed by atoms with Crippen LogP contribution in [0, 0.1) is 0 Å². The van der Waals surface area contributed by atoms with E-state index in [-0.39, 0.29) is 28.9 Å². The van der Waals surface area contributed by atoms with Crippen LogP contribution in [0.1, 0.15) is 38.5 Å². The molecule has 0 spiro atoms. The SMILES string of the molecule is O=C(c1ccc(O)cc1)c1ccc(C(c2ccc(O)cc2)c2ccc(O)cc2)cc1. The van der Waals surface area contributed by atoms with Gasteiger partial charge < -0.3 is 15.3 Å². The lowest BCUT2D eigenvalue weighted by Crippen LogP contribution is -2.05. The van der Waals surface area contributed by atoms with Crippen LogP contribution >= 0.6 is 0 Å². The first kappa shape index (κ1) is 19.3. The zero-order valence-corrected chi connectivity index (χ0v) is 16.1. The number of aromatic hydroxyl groups is 3. The van der Waals surface area contributed by atoms with Gasteiger partial charge in [-0.1, -0.05) is 48.5 Å². The lowest BCUT2D eigenvalue weighted by molar-refractivity contribution is 0.103. The van der Waals surface area contributed by atoms with Gasteiger partial charge in [0.25, 0.3) is 0 Å². The third-order valence-corrected chi connectivity index (χ3v) is 5.09. The first-order valence-electron chi connectivity index (χ1n) is 9.53. The number of ketones is 1. The van der Waals surface area contributed by atoms with E-state index in [1.54, 1.807) is 48.5 Å². The molecular weight excluding hydrogens is 376 g/mol. The van der Waals surface area contributed by atoms with Crippen molar-refractivity contribution in [2.75, 3.05) is 0 Å². The van der Waals surface area contributed by atoms with E-state index >= 15 is 0 Å². The summed E-state index contributed by atoms with van der Waals surface area (Å²) in [5.41, 5.74) is 4.01. The van der Waals surface area contributed by atoms with Crippen molar-refractivity contribution in [2.24, 2.45) is 0 Å². The van der Waals surface area contributed by atoms with E-state index in [9.17, 15) is 20.1 Å². The maximum atomic E-state index is 12.7. The number of benzene rings is 4. The molecule has 0 unspecified atom stereocenters. The molecule has 4 heteroatoms. The predicted molar refractivity (Wildman–Crippen MR) is 115 cm³/mol. The van der Waals surface area contributed by atoms with Crippen LogP contribution in [-0.4, -0.2) is 21.1 Å². The molecule has 0 radical (unpaired) electrons. The summed E-state index contributed by atoms with van der Waals surface area (Å²) in [4.78, 5) is 12.7. The average Bonchev–Trinajstić information content (AvgIpc) is 2.77. The summed E-state index contributed by atoms with van der Waals surface area (Å²) in [7, 11) is 0. The van der Waals surface area contributed by atoms with Gasteiger partial charge in [0.15, 0.2) is 5.78 Å². The topological polar surface area (TPSA) is 77.8 Å². The molecule has 0 bridgehead atoms. The van der Waals surface area contributed by atoms with Gasteiger partial charge in [-0.15, -0.1) is 0 Å². The highest BCUT2D eigenvalue weighted by Gasteiger charge is 2.18. The molecule has 0 aromatic heterocycles. The van der Waals surface area contributed by atoms with E-state index < -0.39 is 0 Å². The van der Waals surface area contributed by atoms with Gasteiger partial charge in [-0.05, 0) is 65.2 Å².